The average molecular weight is 357 g/mol. The molecule has 4 heteroatoms. The van der Waals surface area contributed by atoms with Crippen molar-refractivity contribution in [2.45, 2.75) is 76.4 Å². The zero-order valence-electron chi connectivity index (χ0n) is 16.1. The zero-order chi connectivity index (χ0) is 18.0. The van der Waals surface area contributed by atoms with Gasteiger partial charge in [-0.1, -0.05) is 50.8 Å². The number of rotatable bonds is 3. The highest BCUT2D eigenvalue weighted by molar-refractivity contribution is 5.91. The van der Waals surface area contributed by atoms with Gasteiger partial charge >= 0.3 is 6.09 Å². The second-order valence-corrected chi connectivity index (χ2v) is 8.21. The molecule has 0 unspecified atom stereocenters. The minimum Gasteiger partial charge on any atom is -0.437 e. The Morgan fingerprint density at radius 1 is 1.08 bits per heavy atom. The summed E-state index contributed by atoms with van der Waals surface area (Å²) in [5, 5.41) is 0. The topological polar surface area (TPSA) is 32.8 Å². The monoisotopic (exact) mass is 356 g/mol. The summed E-state index contributed by atoms with van der Waals surface area (Å²) in [5.74, 6) is 0. The van der Waals surface area contributed by atoms with E-state index in [4.69, 9.17) is 4.74 Å². The van der Waals surface area contributed by atoms with Gasteiger partial charge in [0.1, 0.15) is 5.60 Å². The number of anilines is 1. The van der Waals surface area contributed by atoms with Gasteiger partial charge in [0.2, 0.25) is 0 Å². The van der Waals surface area contributed by atoms with E-state index in [0.29, 0.717) is 0 Å². The number of carbonyl (C=O) groups excluding carboxylic acids is 1. The van der Waals surface area contributed by atoms with Crippen LogP contribution in [0.5, 0.6) is 0 Å². The van der Waals surface area contributed by atoms with Gasteiger partial charge in [-0.3, -0.25) is 4.90 Å². The normalized spacial score (nSPS) is 24.2. The third kappa shape index (κ3) is 3.24. The zero-order valence-corrected chi connectivity index (χ0v) is 16.1. The van der Waals surface area contributed by atoms with E-state index >= 15 is 0 Å². The van der Waals surface area contributed by atoms with Crippen molar-refractivity contribution < 1.29 is 9.53 Å². The number of amides is 1. The van der Waals surface area contributed by atoms with E-state index < -0.39 is 5.60 Å². The van der Waals surface area contributed by atoms with E-state index in [9.17, 15) is 4.79 Å². The molecule has 0 aromatic heterocycles. The Hall–Kier alpha value is -1.55. The molecule has 2 fully saturated rings. The van der Waals surface area contributed by atoms with Crippen LogP contribution in [0.4, 0.5) is 10.5 Å². The van der Waals surface area contributed by atoms with Crippen LogP contribution in [-0.2, 0) is 10.3 Å². The molecule has 0 atom stereocenters. The molecule has 26 heavy (non-hydrogen) atoms. The molecule has 2 heterocycles. The lowest BCUT2D eigenvalue weighted by atomic mass is 9.81. The number of fused-ring (bicyclic) bond motifs is 2. The minimum atomic E-state index is -0.418. The summed E-state index contributed by atoms with van der Waals surface area (Å²) < 4.78 is 6.13. The molecule has 1 aliphatic carbocycles. The number of piperidine rings is 1. The molecule has 4 rings (SSSR count). The van der Waals surface area contributed by atoms with Gasteiger partial charge < -0.3 is 9.64 Å². The highest BCUT2D eigenvalue weighted by atomic mass is 16.6. The number of carbonyl (C=O) groups is 1. The van der Waals surface area contributed by atoms with Crippen LogP contribution >= 0.6 is 0 Å². The number of hydrogen-bond acceptors (Lipinski definition) is 3. The van der Waals surface area contributed by atoms with E-state index in [2.05, 4.69) is 30.0 Å². The van der Waals surface area contributed by atoms with Crippen molar-refractivity contribution in [3.63, 3.8) is 0 Å². The van der Waals surface area contributed by atoms with Gasteiger partial charge in [0, 0.05) is 44.1 Å². The molecule has 1 saturated carbocycles. The van der Waals surface area contributed by atoms with Gasteiger partial charge in [0.15, 0.2) is 0 Å². The maximum atomic E-state index is 12.7. The van der Waals surface area contributed by atoms with Crippen LogP contribution in [-0.4, -0.2) is 36.7 Å². The highest BCUT2D eigenvalue weighted by Crippen LogP contribution is 2.46. The Morgan fingerprint density at radius 2 is 1.77 bits per heavy atom. The summed E-state index contributed by atoms with van der Waals surface area (Å²) in [6, 6.07) is 9.12. The molecule has 1 spiro atoms. The lowest BCUT2D eigenvalue weighted by Gasteiger charge is -2.48. The van der Waals surface area contributed by atoms with Crippen molar-refractivity contribution in [1.82, 2.24) is 4.90 Å². The van der Waals surface area contributed by atoms with Gasteiger partial charge in [0.05, 0.1) is 5.69 Å². The number of benzene rings is 1. The fraction of sp³-hybridized carbons (Fsp3) is 0.682. The third-order valence-electron chi connectivity index (χ3n) is 6.58. The minimum absolute atomic E-state index is 0.159. The standard InChI is InChI=1S/C22H32N2O2/c1-2-15-24-20-12-8-7-11-19(20)22(26-21(24)25)13-16-23(17-14-22)18-9-5-3-4-6-10-18/h7-8,11-12,18H,2-6,9-10,13-17H2,1H3. The predicted octanol–water partition coefficient (Wildman–Crippen LogP) is 5.07. The Morgan fingerprint density at radius 3 is 2.46 bits per heavy atom. The Labute approximate surface area is 157 Å². The van der Waals surface area contributed by atoms with Crippen molar-refractivity contribution in [3.05, 3.63) is 29.8 Å². The highest BCUT2D eigenvalue weighted by Gasteiger charge is 2.47. The van der Waals surface area contributed by atoms with Gasteiger partial charge in [-0.05, 0) is 25.3 Å². The van der Waals surface area contributed by atoms with Crippen LogP contribution in [0.25, 0.3) is 0 Å². The summed E-state index contributed by atoms with van der Waals surface area (Å²) in [4.78, 5) is 17.2. The summed E-state index contributed by atoms with van der Waals surface area (Å²) in [6.45, 7) is 4.91. The van der Waals surface area contributed by atoms with Crippen molar-refractivity contribution in [3.8, 4) is 0 Å². The molecule has 2 aliphatic heterocycles. The molecule has 0 N–H and O–H groups in total. The summed E-state index contributed by atoms with van der Waals surface area (Å²) in [5.41, 5.74) is 1.86. The summed E-state index contributed by atoms with van der Waals surface area (Å²) in [6.07, 6.45) is 10.8. The van der Waals surface area contributed by atoms with Crippen molar-refractivity contribution in [1.29, 1.82) is 0 Å². The van der Waals surface area contributed by atoms with E-state index in [0.717, 1.165) is 50.6 Å². The van der Waals surface area contributed by atoms with Crippen LogP contribution in [0.3, 0.4) is 0 Å². The second-order valence-electron chi connectivity index (χ2n) is 8.21. The van der Waals surface area contributed by atoms with E-state index in [1.54, 1.807) is 0 Å². The van der Waals surface area contributed by atoms with Gasteiger partial charge in [-0.15, -0.1) is 0 Å². The predicted molar refractivity (Wildman–Crippen MR) is 105 cm³/mol. The van der Waals surface area contributed by atoms with Crippen LogP contribution in [0, 0.1) is 0 Å². The molecule has 0 bridgehead atoms. The third-order valence-corrected chi connectivity index (χ3v) is 6.58. The smallest absolute Gasteiger partial charge is 0.415 e. The van der Waals surface area contributed by atoms with Crippen molar-refractivity contribution in [2.24, 2.45) is 0 Å². The second kappa shape index (κ2) is 7.59. The first-order valence-electron chi connectivity index (χ1n) is 10.6. The first kappa shape index (κ1) is 17.8. The molecule has 0 radical (unpaired) electrons. The molecular formula is C22H32N2O2. The summed E-state index contributed by atoms with van der Waals surface area (Å²) >= 11 is 0. The van der Waals surface area contributed by atoms with E-state index in [1.165, 1.54) is 44.1 Å². The van der Waals surface area contributed by atoms with Gasteiger partial charge in [0.25, 0.3) is 0 Å². The molecule has 3 aliphatic rings. The maximum absolute atomic E-state index is 12.7. The first-order chi connectivity index (χ1) is 12.7. The Bertz CT molecular complexity index is 629. The van der Waals surface area contributed by atoms with Gasteiger partial charge in [-0.25, -0.2) is 4.79 Å². The average Bonchev–Trinajstić information content (AvgIpc) is 2.95. The fourth-order valence-electron chi connectivity index (χ4n) is 5.15. The van der Waals surface area contributed by atoms with Crippen LogP contribution in [0.2, 0.25) is 0 Å². The quantitative estimate of drug-likeness (QED) is 0.709. The van der Waals surface area contributed by atoms with Crippen molar-refractivity contribution >= 4 is 11.8 Å². The molecule has 1 aromatic rings. The molecule has 142 valence electrons. The van der Waals surface area contributed by atoms with Crippen LogP contribution in [0.1, 0.15) is 70.3 Å². The number of hydrogen-bond donors (Lipinski definition) is 0. The van der Waals surface area contributed by atoms with Crippen LogP contribution < -0.4 is 4.90 Å². The Kier molecular flexibility index (Phi) is 5.21. The number of para-hydroxylation sites is 1. The number of nitrogens with zero attached hydrogens (tertiary/aromatic N) is 2. The van der Waals surface area contributed by atoms with Gasteiger partial charge in [-0.2, -0.15) is 0 Å². The molecular weight excluding hydrogens is 324 g/mol. The largest absolute Gasteiger partial charge is 0.437 e. The lowest BCUT2D eigenvalue weighted by molar-refractivity contribution is -0.0506. The molecule has 4 nitrogen and oxygen atoms in total. The first-order valence-corrected chi connectivity index (χ1v) is 10.6. The molecule has 1 amide bonds. The van der Waals surface area contributed by atoms with Crippen molar-refractivity contribution in [2.75, 3.05) is 24.5 Å². The fourth-order valence-corrected chi connectivity index (χ4v) is 5.15. The number of likely N-dealkylation sites (tertiary alicyclic amines) is 1. The summed E-state index contributed by atoms with van der Waals surface area (Å²) in [7, 11) is 0. The Balaban J connectivity index is 1.54. The van der Waals surface area contributed by atoms with E-state index in [-0.39, 0.29) is 6.09 Å². The van der Waals surface area contributed by atoms with Crippen LogP contribution in [0.15, 0.2) is 24.3 Å². The van der Waals surface area contributed by atoms with E-state index in [1.807, 2.05) is 11.0 Å². The molecule has 1 saturated heterocycles. The molecule has 1 aromatic carbocycles. The maximum Gasteiger partial charge on any atom is 0.415 e. The SMILES string of the molecule is CCCN1C(=O)OC2(CCN(C3CCCCCC3)CC2)c2ccccc21. The number of ether oxygens (including phenoxy) is 1. The lowest BCUT2D eigenvalue weighted by Crippen LogP contribution is -2.53.